The van der Waals surface area contributed by atoms with Crippen molar-refractivity contribution >= 4 is 6.16 Å². The van der Waals surface area contributed by atoms with Crippen LogP contribution in [0.25, 0.3) is 0 Å². The summed E-state index contributed by atoms with van der Waals surface area (Å²) in [5.74, 6) is -0.743. The van der Waals surface area contributed by atoms with Crippen LogP contribution in [0, 0.1) is 11.8 Å². The molecule has 0 bridgehead atoms. The van der Waals surface area contributed by atoms with Crippen LogP contribution in [0.3, 0.4) is 0 Å². The lowest BCUT2D eigenvalue weighted by Gasteiger charge is -2.25. The molecule has 0 aromatic heterocycles. The minimum absolute atomic E-state index is 0.516. The molecule has 1 atom stereocenters. The molecular weight excluding hydrogens is 318 g/mol. The van der Waals surface area contributed by atoms with Crippen molar-refractivity contribution in [2.45, 2.75) is 18.5 Å². The van der Waals surface area contributed by atoms with Gasteiger partial charge in [-0.2, -0.15) is 17.6 Å². The van der Waals surface area contributed by atoms with Crippen molar-refractivity contribution in [1.82, 2.24) is 0 Å². The quantitative estimate of drug-likeness (QED) is 0.483. The fraction of sp³-hybridized carbons (Fsp3) is 0.308. The van der Waals surface area contributed by atoms with E-state index in [9.17, 15) is 31.1 Å². The molecule has 0 heterocycles. The molecule has 1 aromatic carbocycles. The summed E-state index contributed by atoms with van der Waals surface area (Å²) < 4.78 is 80.6. The van der Waals surface area contributed by atoms with E-state index in [1.165, 1.54) is 0 Å². The molecule has 1 unspecified atom stereocenters. The molecule has 0 amide bonds. The zero-order chi connectivity index (χ0) is 16.8. The number of alkyl halides is 6. The van der Waals surface area contributed by atoms with Crippen LogP contribution in [0.2, 0.25) is 0 Å². The van der Waals surface area contributed by atoms with E-state index in [0.717, 1.165) is 0 Å². The molecule has 0 spiro atoms. The van der Waals surface area contributed by atoms with Crippen molar-refractivity contribution in [3.05, 3.63) is 35.9 Å². The number of benzene rings is 1. The molecule has 0 aliphatic rings. The van der Waals surface area contributed by atoms with Crippen molar-refractivity contribution < 1.29 is 40.6 Å². The van der Waals surface area contributed by atoms with Crippen LogP contribution in [-0.2, 0) is 9.47 Å². The SMILES string of the molecule is O=C(OCC#Cc1ccccc1)OC(F)(C(F)F)C(F)(F)F. The van der Waals surface area contributed by atoms with Gasteiger partial charge in [0, 0.05) is 5.56 Å². The lowest BCUT2D eigenvalue weighted by atomic mass is 10.2. The van der Waals surface area contributed by atoms with Crippen LogP contribution >= 0.6 is 0 Å². The number of hydrogen-bond donors (Lipinski definition) is 0. The standard InChI is InChI=1S/C13H8F6O3/c14-10(15)12(16,13(17,18)19)22-11(20)21-8-4-7-9-5-2-1-3-6-9/h1-3,5-6,10H,8H2. The minimum Gasteiger partial charge on any atom is -0.421 e. The van der Waals surface area contributed by atoms with Gasteiger partial charge in [0.15, 0.2) is 6.61 Å². The van der Waals surface area contributed by atoms with Gasteiger partial charge in [0.05, 0.1) is 0 Å². The van der Waals surface area contributed by atoms with Gasteiger partial charge in [0.25, 0.3) is 0 Å². The maximum atomic E-state index is 13.0. The predicted octanol–water partition coefficient (Wildman–Crippen LogP) is 3.68. The Morgan fingerprint density at radius 3 is 2.23 bits per heavy atom. The number of ether oxygens (including phenoxy) is 2. The highest BCUT2D eigenvalue weighted by Gasteiger charge is 2.67. The summed E-state index contributed by atoms with van der Waals surface area (Å²) in [5.41, 5.74) is 0.516. The van der Waals surface area contributed by atoms with Crippen LogP contribution in [0.5, 0.6) is 0 Å². The summed E-state index contributed by atoms with van der Waals surface area (Å²) in [6, 6.07) is 8.21. The third-order valence-electron chi connectivity index (χ3n) is 2.17. The van der Waals surface area contributed by atoms with Crippen molar-refractivity contribution in [3.63, 3.8) is 0 Å². The first-order chi connectivity index (χ1) is 10.2. The normalized spacial score (nSPS) is 13.8. The van der Waals surface area contributed by atoms with Crippen LogP contribution in [0.15, 0.2) is 30.3 Å². The van der Waals surface area contributed by atoms with Gasteiger partial charge in [-0.15, -0.1) is 0 Å². The summed E-state index contributed by atoms with van der Waals surface area (Å²) >= 11 is 0. The van der Waals surface area contributed by atoms with Crippen molar-refractivity contribution in [3.8, 4) is 11.8 Å². The van der Waals surface area contributed by atoms with E-state index in [4.69, 9.17) is 0 Å². The number of rotatable bonds is 3. The van der Waals surface area contributed by atoms with Gasteiger partial charge < -0.3 is 9.47 Å². The largest absolute Gasteiger partial charge is 0.512 e. The van der Waals surface area contributed by atoms with Gasteiger partial charge in [0.1, 0.15) is 0 Å². The molecule has 0 aliphatic heterocycles. The van der Waals surface area contributed by atoms with E-state index >= 15 is 0 Å². The number of carbonyl (C=O) groups excluding carboxylic acids is 1. The zero-order valence-electron chi connectivity index (χ0n) is 10.7. The highest BCUT2D eigenvalue weighted by molar-refractivity contribution is 5.61. The van der Waals surface area contributed by atoms with Crippen LogP contribution in [0.1, 0.15) is 5.56 Å². The van der Waals surface area contributed by atoms with E-state index < -0.39 is 31.2 Å². The zero-order valence-corrected chi connectivity index (χ0v) is 10.7. The monoisotopic (exact) mass is 326 g/mol. The summed E-state index contributed by atoms with van der Waals surface area (Å²) in [7, 11) is 0. The third kappa shape index (κ3) is 4.58. The Labute approximate surface area is 120 Å². The number of carbonyl (C=O) groups is 1. The first-order valence-electron chi connectivity index (χ1n) is 5.60. The molecule has 0 fully saturated rings. The Kier molecular flexibility index (Phi) is 5.68. The first kappa shape index (κ1) is 17.7. The highest BCUT2D eigenvalue weighted by Crippen LogP contribution is 2.40. The average Bonchev–Trinajstić information content (AvgIpc) is 2.43. The topological polar surface area (TPSA) is 35.5 Å². The molecule has 120 valence electrons. The first-order valence-corrected chi connectivity index (χ1v) is 5.60. The summed E-state index contributed by atoms with van der Waals surface area (Å²) in [6.07, 6.45) is -13.0. The molecule has 0 N–H and O–H groups in total. The van der Waals surface area contributed by atoms with Crippen molar-refractivity contribution in [2.75, 3.05) is 6.61 Å². The minimum atomic E-state index is -6.10. The second kappa shape index (κ2) is 7.06. The fourth-order valence-corrected chi connectivity index (χ4v) is 1.13. The van der Waals surface area contributed by atoms with Gasteiger partial charge in [-0.1, -0.05) is 30.0 Å². The van der Waals surface area contributed by atoms with Crippen LogP contribution < -0.4 is 0 Å². The Morgan fingerprint density at radius 2 is 1.73 bits per heavy atom. The van der Waals surface area contributed by atoms with Crippen LogP contribution in [0.4, 0.5) is 31.1 Å². The average molecular weight is 326 g/mol. The third-order valence-corrected chi connectivity index (χ3v) is 2.17. The van der Waals surface area contributed by atoms with Crippen molar-refractivity contribution in [2.24, 2.45) is 0 Å². The van der Waals surface area contributed by atoms with Crippen LogP contribution in [-0.4, -0.2) is 31.2 Å². The van der Waals surface area contributed by atoms with Gasteiger partial charge in [-0.3, -0.25) is 0 Å². The molecule has 0 aliphatic carbocycles. The molecular formula is C13H8F6O3. The second-order valence-corrected chi connectivity index (χ2v) is 3.75. The van der Waals surface area contributed by atoms with E-state index in [-0.39, 0.29) is 0 Å². The predicted molar refractivity (Wildman–Crippen MR) is 61.7 cm³/mol. The second-order valence-electron chi connectivity index (χ2n) is 3.75. The molecule has 0 saturated heterocycles. The summed E-state index contributed by atoms with van der Waals surface area (Å²) in [5, 5.41) is 0. The molecule has 1 aromatic rings. The van der Waals surface area contributed by atoms with E-state index in [0.29, 0.717) is 5.56 Å². The number of hydrogen-bond acceptors (Lipinski definition) is 3. The Balaban J connectivity index is 2.58. The molecule has 0 saturated carbocycles. The van der Waals surface area contributed by atoms with Gasteiger partial charge >= 0.3 is 24.6 Å². The maximum Gasteiger partial charge on any atom is 0.512 e. The van der Waals surface area contributed by atoms with Gasteiger partial charge in [0.2, 0.25) is 0 Å². The Hall–Kier alpha value is -2.37. The Morgan fingerprint density at radius 1 is 1.14 bits per heavy atom. The van der Waals surface area contributed by atoms with E-state index in [2.05, 4.69) is 21.3 Å². The molecule has 9 heteroatoms. The summed E-state index contributed by atoms with van der Waals surface area (Å²) in [6.45, 7) is -0.759. The Bertz CT molecular complexity index is 561. The summed E-state index contributed by atoms with van der Waals surface area (Å²) in [4.78, 5) is 10.8. The van der Waals surface area contributed by atoms with Gasteiger partial charge in [-0.05, 0) is 12.1 Å². The number of halogens is 6. The maximum absolute atomic E-state index is 13.0. The van der Waals surface area contributed by atoms with Gasteiger partial charge in [-0.25, -0.2) is 13.6 Å². The van der Waals surface area contributed by atoms with Crippen molar-refractivity contribution in [1.29, 1.82) is 0 Å². The molecule has 1 rings (SSSR count). The molecule has 3 nitrogen and oxygen atoms in total. The smallest absolute Gasteiger partial charge is 0.421 e. The fourth-order valence-electron chi connectivity index (χ4n) is 1.13. The van der Waals surface area contributed by atoms with E-state index in [1.807, 2.05) is 0 Å². The lowest BCUT2D eigenvalue weighted by molar-refractivity contribution is -0.353. The highest BCUT2D eigenvalue weighted by atomic mass is 19.4. The molecule has 0 radical (unpaired) electrons. The lowest BCUT2D eigenvalue weighted by Crippen LogP contribution is -2.51. The molecule has 22 heavy (non-hydrogen) atoms. The van der Waals surface area contributed by atoms with E-state index in [1.54, 1.807) is 30.3 Å².